The summed E-state index contributed by atoms with van der Waals surface area (Å²) in [6, 6.07) is 0. The first kappa shape index (κ1) is 93.9. The van der Waals surface area contributed by atoms with Crippen LogP contribution < -0.4 is 30.9 Å². The van der Waals surface area contributed by atoms with Gasteiger partial charge in [-0.25, -0.2) is 0 Å². The van der Waals surface area contributed by atoms with E-state index in [-0.39, 0.29) is 110 Å². The topological polar surface area (TPSA) is 664 Å². The summed E-state index contributed by atoms with van der Waals surface area (Å²) in [7, 11) is 0. The minimum Gasteiger partial charge on any atom is -0.394 e. The van der Waals surface area contributed by atoms with Gasteiger partial charge in [0.05, 0.1) is 90.3 Å². The van der Waals surface area contributed by atoms with Gasteiger partial charge in [-0.3, -0.25) is 38.0 Å². The number of hydrogen-bond acceptors (Lipinski definition) is 37. The van der Waals surface area contributed by atoms with E-state index in [0.29, 0.717) is 57.8 Å². The van der Waals surface area contributed by atoms with Gasteiger partial charge in [0.2, 0.25) is 35.4 Å². The molecule has 0 saturated carbocycles. The van der Waals surface area contributed by atoms with Gasteiger partial charge in [0.25, 0.3) is 0 Å². The second kappa shape index (κ2) is 48.4. The summed E-state index contributed by atoms with van der Waals surface area (Å²) >= 11 is 2.88. The Morgan fingerprint density at radius 2 is 0.697 bits per heavy atom. The van der Waals surface area contributed by atoms with E-state index in [4.69, 9.17) is 52.1 Å². The smallest absolute Gasteiger partial charge is 0.234 e. The zero-order valence-electron chi connectivity index (χ0n) is 60.2. The van der Waals surface area contributed by atoms with Crippen LogP contribution in [0.4, 0.5) is 0 Å². The van der Waals surface area contributed by atoms with Crippen molar-refractivity contribution in [1.29, 1.82) is 0 Å². The average Bonchev–Trinajstić information content (AvgIpc) is 0.789. The minimum atomic E-state index is -1.94. The molecule has 29 atom stereocenters. The lowest BCUT2D eigenvalue weighted by molar-refractivity contribution is -0.364. The molecule has 6 saturated heterocycles. The Balaban J connectivity index is 0.898. The molecule has 632 valence electrons. The van der Waals surface area contributed by atoms with Crippen LogP contribution in [0.15, 0.2) is 0 Å². The molecule has 43 nitrogen and oxygen atoms in total. The third kappa shape index (κ3) is 29.1. The highest BCUT2D eigenvalue weighted by Gasteiger charge is 2.54. The molecule has 25 N–H and O–H groups in total. The van der Waals surface area contributed by atoms with Crippen LogP contribution in [0.3, 0.4) is 0 Å². The van der Waals surface area contributed by atoms with E-state index in [1.54, 1.807) is 0 Å². The zero-order valence-corrected chi connectivity index (χ0v) is 61.8. The van der Waals surface area contributed by atoms with Crippen LogP contribution >= 0.6 is 16.1 Å². The Labute approximate surface area is 636 Å². The normalized spacial score (nSPS) is 36.4. The van der Waals surface area contributed by atoms with Crippen LogP contribution in [0.5, 0.6) is 0 Å². The van der Waals surface area contributed by atoms with Gasteiger partial charge in [-0.05, 0) is 51.4 Å². The van der Waals surface area contributed by atoms with Crippen molar-refractivity contribution in [2.24, 2.45) is 0 Å². The highest BCUT2D eigenvalue weighted by atomic mass is 79.9. The van der Waals surface area contributed by atoms with E-state index < -0.39 is 241 Å². The standard InChI is InChI=1S/C65H114BrN7O36/c66-72-41(81)12-6-3-9-17-69-44(84)25-73(24-43(83)68-16-8-2-5-11-40(80)71-19-21-100-63-58(98)60(109-65-56(96)54(94)49(89)37(29-77)106-65)51(91)38(107-63)30-101-61-45(85)32(78)22-31(26-74)102-61)23-42(82)67-15-7-1-4-10-39(79)70-18-20-99-62-57(97)59(108-64-55(95)53(93)48(88)36(28-76)105-64)50(90)34(104-62)14-13-33-46(86)52(92)47(87)35(27-75)103-33/h31-38,45-65,74-78,85-98H,1-30H2,(H,67,82)(H,68,83)(H,69,84)(H,70,79)(H,71,80)(H,72,81). The number of carbonyl (C=O) groups is 6. The van der Waals surface area contributed by atoms with Crippen LogP contribution in [0.1, 0.15) is 96.3 Å². The summed E-state index contributed by atoms with van der Waals surface area (Å²) < 4.78 is 64.6. The Hall–Kier alpha value is -3.94. The van der Waals surface area contributed by atoms with Crippen molar-refractivity contribution < 1.29 is 178 Å². The highest BCUT2D eigenvalue weighted by molar-refractivity contribution is 9.08. The van der Waals surface area contributed by atoms with Crippen LogP contribution in [-0.2, 0) is 80.9 Å². The summed E-state index contributed by atoms with van der Waals surface area (Å²) in [5, 5.41) is 212. The van der Waals surface area contributed by atoms with E-state index in [1.807, 2.05) is 0 Å². The van der Waals surface area contributed by atoms with Gasteiger partial charge in [0.15, 0.2) is 31.5 Å². The van der Waals surface area contributed by atoms with E-state index in [0.717, 1.165) is 0 Å². The summed E-state index contributed by atoms with van der Waals surface area (Å²) in [4.78, 5) is 78.1. The molecule has 6 rings (SSSR count). The molecule has 6 amide bonds. The van der Waals surface area contributed by atoms with E-state index in [2.05, 4.69) is 47.1 Å². The first-order valence-electron chi connectivity index (χ1n) is 36.7. The predicted molar refractivity (Wildman–Crippen MR) is 366 cm³/mol. The van der Waals surface area contributed by atoms with Crippen molar-refractivity contribution in [2.75, 3.05) is 98.6 Å². The third-order valence-corrected chi connectivity index (χ3v) is 19.7. The summed E-state index contributed by atoms with van der Waals surface area (Å²) in [6.07, 6.45) is -42.9. The van der Waals surface area contributed by atoms with Gasteiger partial charge in [-0.15, -0.1) is 0 Å². The maximum atomic E-state index is 13.2. The van der Waals surface area contributed by atoms with Gasteiger partial charge in [0.1, 0.15) is 122 Å². The van der Waals surface area contributed by atoms with Crippen molar-refractivity contribution in [3.63, 3.8) is 0 Å². The molecule has 6 aliphatic heterocycles. The molecule has 0 aliphatic carbocycles. The molecule has 0 radical (unpaired) electrons. The average molecular weight is 1650 g/mol. The molecule has 0 spiro atoms. The highest BCUT2D eigenvalue weighted by Crippen LogP contribution is 2.35. The monoisotopic (exact) mass is 1650 g/mol. The van der Waals surface area contributed by atoms with Crippen LogP contribution in [-0.4, -0.2) is 414 Å². The minimum absolute atomic E-state index is 0.0450. The zero-order chi connectivity index (χ0) is 80.0. The largest absolute Gasteiger partial charge is 0.394 e. The number of halogens is 1. The van der Waals surface area contributed by atoms with Crippen LogP contribution in [0.2, 0.25) is 0 Å². The number of aliphatic hydroxyl groups is 19. The van der Waals surface area contributed by atoms with Gasteiger partial charge in [0, 0.05) is 74.6 Å². The molecule has 0 aromatic heterocycles. The number of ether oxygens (including phenoxy) is 11. The molecule has 109 heavy (non-hydrogen) atoms. The number of carbonyl (C=O) groups excluding carboxylic acids is 6. The maximum absolute atomic E-state index is 13.2. The van der Waals surface area contributed by atoms with Crippen molar-refractivity contribution in [3.8, 4) is 0 Å². The van der Waals surface area contributed by atoms with Gasteiger partial charge >= 0.3 is 0 Å². The predicted octanol–water partition coefficient (Wildman–Crippen LogP) is -12.3. The Morgan fingerprint density at radius 3 is 1.12 bits per heavy atom. The lowest BCUT2D eigenvalue weighted by atomic mass is 9.89. The van der Waals surface area contributed by atoms with Crippen molar-refractivity contribution in [1.82, 2.24) is 35.8 Å². The van der Waals surface area contributed by atoms with Crippen LogP contribution in [0.25, 0.3) is 0 Å². The van der Waals surface area contributed by atoms with E-state index in [9.17, 15) is 126 Å². The molecule has 0 aromatic carbocycles. The molecule has 44 heteroatoms. The van der Waals surface area contributed by atoms with Crippen molar-refractivity contribution in [3.05, 3.63) is 0 Å². The summed E-state index contributed by atoms with van der Waals surface area (Å²) in [5.74, 6) is -2.45. The number of hydrogen-bond donors (Lipinski definition) is 25. The third-order valence-electron chi connectivity index (χ3n) is 19.3. The van der Waals surface area contributed by atoms with Gasteiger partial charge in [-0.1, -0.05) is 19.3 Å². The fraction of sp³-hybridized carbons (Fsp3) is 0.908. The number of amides is 6. The summed E-state index contributed by atoms with van der Waals surface area (Å²) in [5.41, 5.74) is 0. The van der Waals surface area contributed by atoms with Crippen LogP contribution in [0, 0.1) is 0 Å². The first-order valence-corrected chi connectivity index (χ1v) is 37.5. The summed E-state index contributed by atoms with van der Waals surface area (Å²) in [6.45, 7) is -4.68. The maximum Gasteiger partial charge on any atom is 0.234 e. The number of unbranched alkanes of at least 4 members (excludes halogenated alkanes) is 6. The second-order valence-electron chi connectivity index (χ2n) is 27.6. The fourth-order valence-corrected chi connectivity index (χ4v) is 13.1. The molecule has 0 bridgehead atoms. The second-order valence-corrected chi connectivity index (χ2v) is 28.0. The van der Waals surface area contributed by atoms with Crippen molar-refractivity contribution in [2.45, 2.75) is 274 Å². The number of aliphatic hydroxyl groups excluding tert-OH is 19. The number of nitrogens with zero attached hydrogens (tertiary/aromatic N) is 1. The van der Waals surface area contributed by atoms with Crippen molar-refractivity contribution >= 4 is 51.6 Å². The van der Waals surface area contributed by atoms with E-state index in [1.165, 1.54) is 4.90 Å². The number of nitrogens with one attached hydrogen (secondary N) is 6. The lowest BCUT2D eigenvalue weighted by Crippen LogP contribution is -2.65. The Morgan fingerprint density at radius 1 is 0.339 bits per heavy atom. The van der Waals surface area contributed by atoms with Gasteiger partial charge < -0.3 is 176 Å². The quantitative estimate of drug-likeness (QED) is 0.0199. The molecular weight excluding hydrogens is 1530 g/mol. The molecule has 6 heterocycles. The SMILES string of the molecule is O=C(CCCCCNC(=O)CN(CC(=O)NCCCCCC(=O)NCCOC1OC(CCC2OC(CO)C(O)C(O)C2O)C(O)C(OC2OC(CO)C(O)C(O)C2O)C1O)CC(=O)NCCCCCC(=O)NCCOC1OC(COC2OC(CO)CC(O)C2O)C(O)C(OC2OC(CO)C(O)C(O)C2O)C1O)NBr. The molecule has 6 aliphatic rings. The number of rotatable bonds is 46. The fourth-order valence-electron chi connectivity index (χ4n) is 12.9. The molecule has 0 aromatic rings. The van der Waals surface area contributed by atoms with E-state index >= 15 is 0 Å². The Bertz CT molecular complexity index is 2680. The molecule has 29 unspecified atom stereocenters. The Kier molecular flexibility index (Phi) is 41.7. The first-order chi connectivity index (χ1) is 52.0. The molecular formula is C65H114BrN7O36. The molecule has 6 fully saturated rings. The van der Waals surface area contributed by atoms with Gasteiger partial charge in [-0.2, -0.15) is 0 Å². The lowest BCUT2D eigenvalue weighted by Gasteiger charge is -2.46.